The molecule has 0 spiro atoms. The minimum Gasteiger partial charge on any atom is -0.467 e. The molecular formula is C34H49BrO2Si. The number of halogens is 1. The highest BCUT2D eigenvalue weighted by Crippen LogP contribution is 2.62. The van der Waals surface area contributed by atoms with E-state index < -0.39 is 8.07 Å². The molecule has 4 saturated carbocycles. The van der Waals surface area contributed by atoms with E-state index in [4.69, 9.17) is 9.47 Å². The summed E-state index contributed by atoms with van der Waals surface area (Å²) in [4.78, 5) is 0. The van der Waals surface area contributed by atoms with Crippen molar-refractivity contribution in [2.45, 2.75) is 109 Å². The van der Waals surface area contributed by atoms with Crippen molar-refractivity contribution in [3.8, 4) is 16.9 Å². The number of hydrogen-bond donors (Lipinski definition) is 0. The average Bonchev–Trinajstić information content (AvgIpc) is 2.88. The van der Waals surface area contributed by atoms with Gasteiger partial charge in [-0.3, -0.25) is 0 Å². The van der Waals surface area contributed by atoms with E-state index in [0.29, 0.717) is 6.79 Å². The van der Waals surface area contributed by atoms with E-state index in [2.05, 4.69) is 72.3 Å². The fourth-order valence-corrected chi connectivity index (χ4v) is 11.5. The predicted octanol–water partition coefficient (Wildman–Crippen LogP) is 9.84. The molecule has 6 rings (SSSR count). The summed E-state index contributed by atoms with van der Waals surface area (Å²) in [6.07, 6.45) is 16.7. The maximum Gasteiger partial charge on any atom is 0.188 e. The van der Waals surface area contributed by atoms with Crippen molar-refractivity contribution in [3.05, 3.63) is 46.4 Å². The molecule has 0 amide bonds. The first kappa shape index (κ1) is 28.4. The van der Waals surface area contributed by atoms with Gasteiger partial charge in [0.05, 0.1) is 8.07 Å². The Balaban J connectivity index is 1.58. The van der Waals surface area contributed by atoms with E-state index in [1.807, 2.05) is 0 Å². The Morgan fingerprint density at radius 3 is 2.13 bits per heavy atom. The van der Waals surface area contributed by atoms with Gasteiger partial charge in [-0.15, -0.1) is 0 Å². The first-order valence-electron chi connectivity index (χ1n) is 15.4. The molecule has 0 aliphatic heterocycles. The summed E-state index contributed by atoms with van der Waals surface area (Å²) in [5.74, 6) is 3.80. The Kier molecular flexibility index (Phi) is 9.12. The van der Waals surface area contributed by atoms with Crippen LogP contribution in [0.4, 0.5) is 0 Å². The van der Waals surface area contributed by atoms with Gasteiger partial charge in [-0.25, -0.2) is 0 Å². The van der Waals surface area contributed by atoms with Gasteiger partial charge in [0.2, 0.25) is 0 Å². The van der Waals surface area contributed by atoms with Crippen LogP contribution >= 0.6 is 15.9 Å². The molecule has 0 heterocycles. The monoisotopic (exact) mass is 596 g/mol. The molecular weight excluding hydrogens is 548 g/mol. The zero-order valence-corrected chi connectivity index (χ0v) is 26.9. The van der Waals surface area contributed by atoms with Crippen LogP contribution in [-0.4, -0.2) is 22.0 Å². The maximum atomic E-state index is 6.59. The van der Waals surface area contributed by atoms with E-state index in [1.165, 1.54) is 99.8 Å². The number of hydrogen-bond acceptors (Lipinski definition) is 2. The van der Waals surface area contributed by atoms with Crippen molar-refractivity contribution in [2.24, 2.45) is 17.8 Å². The second-order valence-electron chi connectivity index (χ2n) is 13.5. The van der Waals surface area contributed by atoms with E-state index >= 15 is 0 Å². The number of benzene rings is 2. The van der Waals surface area contributed by atoms with Gasteiger partial charge in [-0.2, -0.15) is 0 Å². The number of ether oxygens (including phenoxy) is 2. The summed E-state index contributed by atoms with van der Waals surface area (Å²) in [6, 6.07) is 15.2. The molecule has 2 aromatic rings. The fraction of sp³-hybridized carbons (Fsp3) is 0.647. The van der Waals surface area contributed by atoms with Crippen LogP contribution in [0.3, 0.4) is 0 Å². The highest BCUT2D eigenvalue weighted by atomic mass is 79.9. The van der Waals surface area contributed by atoms with Crippen molar-refractivity contribution in [3.63, 3.8) is 0 Å². The molecule has 2 nitrogen and oxygen atoms in total. The molecule has 4 heteroatoms. The molecule has 0 aromatic heterocycles. The number of methoxy groups -OCH3 is 1. The summed E-state index contributed by atoms with van der Waals surface area (Å²) in [7, 11) is 0.112. The topological polar surface area (TPSA) is 18.5 Å². The third kappa shape index (κ3) is 5.98. The quantitative estimate of drug-likeness (QED) is 0.130. The molecule has 0 N–H and O–H groups in total. The molecule has 0 saturated heterocycles. The summed E-state index contributed by atoms with van der Waals surface area (Å²) < 4.78 is 13.2. The van der Waals surface area contributed by atoms with Crippen LogP contribution in [0.5, 0.6) is 5.75 Å². The Morgan fingerprint density at radius 1 is 0.868 bits per heavy atom. The first-order valence-corrected chi connectivity index (χ1v) is 19.4. The summed E-state index contributed by atoms with van der Waals surface area (Å²) >= 11 is 3.90. The Labute approximate surface area is 241 Å². The minimum atomic E-state index is -1.63. The fourth-order valence-electron chi connectivity index (χ4n) is 8.50. The number of rotatable bonds is 13. The molecule has 4 fully saturated rings. The molecule has 2 aromatic carbocycles. The van der Waals surface area contributed by atoms with Crippen LogP contribution in [0.15, 0.2) is 40.9 Å². The van der Waals surface area contributed by atoms with E-state index in [1.54, 1.807) is 12.3 Å². The first-order chi connectivity index (χ1) is 18.3. The maximum absolute atomic E-state index is 6.59. The van der Waals surface area contributed by atoms with E-state index in [0.717, 1.165) is 28.0 Å². The summed E-state index contributed by atoms with van der Waals surface area (Å²) in [5, 5.41) is 1.62. The van der Waals surface area contributed by atoms with Crippen LogP contribution in [0.1, 0.15) is 89.5 Å². The molecule has 4 aliphatic rings. The van der Waals surface area contributed by atoms with Gasteiger partial charge in [0.1, 0.15) is 5.75 Å². The van der Waals surface area contributed by atoms with Crippen LogP contribution in [0, 0.1) is 17.8 Å². The lowest BCUT2D eigenvalue weighted by atomic mass is 9.48. The van der Waals surface area contributed by atoms with Gasteiger partial charge < -0.3 is 9.47 Å². The van der Waals surface area contributed by atoms with Gasteiger partial charge >= 0.3 is 0 Å². The molecule has 4 aliphatic carbocycles. The lowest BCUT2D eigenvalue weighted by Crippen LogP contribution is -2.50. The lowest BCUT2D eigenvalue weighted by molar-refractivity contribution is -0.00870. The average molecular weight is 598 g/mol. The minimum absolute atomic E-state index is 0.272. The Morgan fingerprint density at radius 2 is 1.50 bits per heavy atom. The molecule has 0 radical (unpaired) electrons. The van der Waals surface area contributed by atoms with Gasteiger partial charge in [0.25, 0.3) is 0 Å². The SMILES string of the molecule is CCCCCCCC[Si](C)(C)c1cc(-c2ccccc2Br)c(OCOC)c(C23CC4CC(CC(C4)C2)C3)c1. The third-order valence-electron chi connectivity index (χ3n) is 10.1. The Hall–Kier alpha value is -1.10. The van der Waals surface area contributed by atoms with E-state index in [9.17, 15) is 0 Å². The third-order valence-corrected chi connectivity index (χ3v) is 14.3. The van der Waals surface area contributed by atoms with Crippen molar-refractivity contribution >= 4 is 29.2 Å². The second kappa shape index (κ2) is 12.2. The molecule has 0 unspecified atom stereocenters. The van der Waals surface area contributed by atoms with Gasteiger partial charge in [0.15, 0.2) is 6.79 Å². The largest absolute Gasteiger partial charge is 0.467 e. The second-order valence-corrected chi connectivity index (χ2v) is 19.2. The smallest absolute Gasteiger partial charge is 0.188 e. The molecule has 208 valence electrons. The van der Waals surface area contributed by atoms with Gasteiger partial charge in [-0.05, 0) is 73.3 Å². The highest BCUT2D eigenvalue weighted by molar-refractivity contribution is 9.10. The normalized spacial score (nSPS) is 26.2. The van der Waals surface area contributed by atoms with Crippen LogP contribution < -0.4 is 9.92 Å². The van der Waals surface area contributed by atoms with Crippen LogP contribution in [-0.2, 0) is 10.2 Å². The molecule has 4 bridgehead atoms. The van der Waals surface area contributed by atoms with Crippen LogP contribution in [0.25, 0.3) is 11.1 Å². The standard InChI is InChI=1S/C34H49BrO2Si/c1-5-6-7-8-9-12-15-38(3,4)28-19-30(29-13-10-11-14-32(29)35)33(37-24-36-2)31(20-28)34-21-25-16-26(22-34)18-27(17-25)23-34/h10-11,13-14,19-20,25-27H,5-9,12,15-18,21-24H2,1-4H3. The highest BCUT2D eigenvalue weighted by Gasteiger charge is 2.53. The molecule has 38 heavy (non-hydrogen) atoms. The van der Waals surface area contributed by atoms with E-state index in [-0.39, 0.29) is 5.41 Å². The predicted molar refractivity (Wildman–Crippen MR) is 167 cm³/mol. The van der Waals surface area contributed by atoms with Crippen molar-refractivity contribution < 1.29 is 9.47 Å². The van der Waals surface area contributed by atoms with Crippen molar-refractivity contribution in [1.82, 2.24) is 0 Å². The van der Waals surface area contributed by atoms with Crippen molar-refractivity contribution in [1.29, 1.82) is 0 Å². The number of unbranched alkanes of at least 4 members (excludes halogenated alkanes) is 5. The molecule has 0 atom stereocenters. The zero-order chi connectivity index (χ0) is 26.8. The summed E-state index contributed by atoms with van der Waals surface area (Å²) in [6.45, 7) is 7.82. The lowest BCUT2D eigenvalue weighted by Gasteiger charge is -2.57. The van der Waals surface area contributed by atoms with Gasteiger partial charge in [-0.1, -0.05) is 116 Å². The van der Waals surface area contributed by atoms with Gasteiger partial charge in [0, 0.05) is 22.7 Å². The summed E-state index contributed by atoms with van der Waals surface area (Å²) in [5.41, 5.74) is 4.30. The van der Waals surface area contributed by atoms with Crippen LogP contribution in [0.2, 0.25) is 19.1 Å². The van der Waals surface area contributed by atoms with Crippen molar-refractivity contribution in [2.75, 3.05) is 13.9 Å². The Bertz CT molecular complexity index is 1060. The zero-order valence-electron chi connectivity index (χ0n) is 24.3.